The van der Waals surface area contributed by atoms with Crippen LogP contribution in [0.2, 0.25) is 0 Å². The van der Waals surface area contributed by atoms with E-state index in [-0.39, 0.29) is 0 Å². The third-order valence-electron chi connectivity index (χ3n) is 3.28. The first-order valence-corrected chi connectivity index (χ1v) is 6.19. The van der Waals surface area contributed by atoms with E-state index in [9.17, 15) is 0 Å². The molecule has 0 atom stereocenters. The smallest absolute Gasteiger partial charge is 0.0660 e. The number of hydrogen-bond acceptors (Lipinski definition) is 2. The summed E-state index contributed by atoms with van der Waals surface area (Å²) in [5, 5.41) is 4.35. The van der Waals surface area contributed by atoms with Crippen molar-refractivity contribution in [1.82, 2.24) is 0 Å². The number of nitrogens with zero attached hydrogens (tertiary/aromatic N) is 2. The van der Waals surface area contributed by atoms with Crippen molar-refractivity contribution < 1.29 is 0 Å². The van der Waals surface area contributed by atoms with Crippen molar-refractivity contribution in [2.45, 2.75) is 6.42 Å². The average molecular weight is 236 g/mol. The topological polar surface area (TPSA) is 6.48 Å². The summed E-state index contributed by atoms with van der Waals surface area (Å²) in [5.74, 6) is 0. The first-order chi connectivity index (χ1) is 8.86. The molecule has 18 heavy (non-hydrogen) atoms. The van der Waals surface area contributed by atoms with Crippen LogP contribution in [0.5, 0.6) is 0 Å². The van der Waals surface area contributed by atoms with Gasteiger partial charge in [-0.1, -0.05) is 42.5 Å². The quantitative estimate of drug-likeness (QED) is 0.786. The van der Waals surface area contributed by atoms with Crippen molar-refractivity contribution in [1.29, 1.82) is 0 Å². The van der Waals surface area contributed by atoms with Crippen LogP contribution in [0.4, 0.5) is 11.4 Å². The molecule has 90 valence electrons. The Morgan fingerprint density at radius 2 is 1.67 bits per heavy atom. The van der Waals surface area contributed by atoms with Crippen molar-refractivity contribution in [3.63, 3.8) is 0 Å². The molecule has 0 aromatic heterocycles. The molecule has 3 rings (SSSR count). The molecule has 2 aromatic carbocycles. The number of allylic oxidation sites excluding steroid dienone is 1. The van der Waals surface area contributed by atoms with Crippen LogP contribution in [0.3, 0.4) is 0 Å². The fourth-order valence-corrected chi connectivity index (χ4v) is 2.30. The number of para-hydroxylation sites is 2. The van der Waals surface area contributed by atoms with Crippen molar-refractivity contribution >= 4 is 11.4 Å². The van der Waals surface area contributed by atoms with Gasteiger partial charge in [-0.25, -0.2) is 0 Å². The van der Waals surface area contributed by atoms with Crippen molar-refractivity contribution in [3.05, 3.63) is 72.4 Å². The van der Waals surface area contributed by atoms with Crippen LogP contribution in [-0.4, -0.2) is 7.05 Å². The SMILES string of the molecule is CN(c1ccccc1)N1C=CCc2ccccc21. The Bertz CT molecular complexity index is 560. The Hall–Kier alpha value is -2.22. The van der Waals surface area contributed by atoms with Gasteiger partial charge in [0.05, 0.1) is 11.4 Å². The predicted octanol–water partition coefficient (Wildman–Crippen LogP) is 3.61. The molecular formula is C16H16N2. The molecule has 0 radical (unpaired) electrons. The van der Waals surface area contributed by atoms with Crippen molar-refractivity contribution in [2.24, 2.45) is 0 Å². The third-order valence-corrected chi connectivity index (χ3v) is 3.28. The van der Waals surface area contributed by atoms with Crippen LogP contribution in [0.15, 0.2) is 66.9 Å². The van der Waals surface area contributed by atoms with Crippen LogP contribution in [0.25, 0.3) is 0 Å². The largest absolute Gasteiger partial charge is 0.284 e. The van der Waals surface area contributed by atoms with E-state index in [0.29, 0.717) is 0 Å². The van der Waals surface area contributed by atoms with E-state index in [1.165, 1.54) is 16.9 Å². The van der Waals surface area contributed by atoms with E-state index in [2.05, 4.69) is 77.9 Å². The Morgan fingerprint density at radius 1 is 0.944 bits per heavy atom. The summed E-state index contributed by atoms with van der Waals surface area (Å²) in [6.45, 7) is 0. The summed E-state index contributed by atoms with van der Waals surface area (Å²) in [6, 6.07) is 18.9. The second kappa shape index (κ2) is 4.57. The van der Waals surface area contributed by atoms with Gasteiger partial charge in [0.2, 0.25) is 0 Å². The molecule has 1 aliphatic heterocycles. The minimum absolute atomic E-state index is 1.01. The van der Waals surface area contributed by atoms with E-state index < -0.39 is 0 Å². The zero-order valence-corrected chi connectivity index (χ0v) is 10.5. The van der Waals surface area contributed by atoms with Crippen LogP contribution >= 0.6 is 0 Å². The molecule has 0 aliphatic carbocycles. The number of fused-ring (bicyclic) bond motifs is 1. The Labute approximate surface area is 108 Å². The van der Waals surface area contributed by atoms with E-state index in [0.717, 1.165) is 6.42 Å². The number of anilines is 2. The summed E-state index contributed by atoms with van der Waals surface area (Å²) in [7, 11) is 2.09. The fraction of sp³-hybridized carbons (Fsp3) is 0.125. The van der Waals surface area contributed by atoms with Gasteiger partial charge in [0.25, 0.3) is 0 Å². The molecule has 0 spiro atoms. The number of benzene rings is 2. The van der Waals surface area contributed by atoms with Crippen molar-refractivity contribution in [2.75, 3.05) is 17.1 Å². The van der Waals surface area contributed by atoms with Gasteiger partial charge in [0.1, 0.15) is 0 Å². The molecule has 2 nitrogen and oxygen atoms in total. The molecule has 0 N–H and O–H groups in total. The molecule has 2 heteroatoms. The molecule has 0 fully saturated rings. The van der Waals surface area contributed by atoms with Crippen molar-refractivity contribution in [3.8, 4) is 0 Å². The van der Waals surface area contributed by atoms with E-state index in [4.69, 9.17) is 0 Å². The lowest BCUT2D eigenvalue weighted by Crippen LogP contribution is -2.37. The van der Waals surface area contributed by atoms with E-state index in [1.807, 2.05) is 6.07 Å². The molecule has 2 aromatic rings. The Balaban J connectivity index is 1.97. The van der Waals surface area contributed by atoms with Gasteiger partial charge in [-0.2, -0.15) is 0 Å². The molecule has 0 saturated heterocycles. The van der Waals surface area contributed by atoms with Gasteiger partial charge >= 0.3 is 0 Å². The van der Waals surface area contributed by atoms with Crippen LogP contribution in [0, 0.1) is 0 Å². The highest BCUT2D eigenvalue weighted by atomic mass is 15.6. The van der Waals surface area contributed by atoms with Gasteiger partial charge in [-0.15, -0.1) is 0 Å². The zero-order chi connectivity index (χ0) is 12.4. The summed E-state index contributed by atoms with van der Waals surface area (Å²) in [6.07, 6.45) is 5.34. The summed E-state index contributed by atoms with van der Waals surface area (Å²) in [4.78, 5) is 0. The third kappa shape index (κ3) is 1.86. The van der Waals surface area contributed by atoms with Crippen LogP contribution in [-0.2, 0) is 6.42 Å². The Morgan fingerprint density at radius 3 is 2.50 bits per heavy atom. The lowest BCUT2D eigenvalue weighted by atomic mass is 10.1. The monoisotopic (exact) mass is 236 g/mol. The molecule has 0 amide bonds. The maximum Gasteiger partial charge on any atom is 0.0660 e. The number of hydrazine groups is 1. The van der Waals surface area contributed by atoms with E-state index >= 15 is 0 Å². The summed E-state index contributed by atoms with van der Waals surface area (Å²) in [5.41, 5.74) is 3.80. The molecule has 0 saturated carbocycles. The highest BCUT2D eigenvalue weighted by Gasteiger charge is 2.16. The van der Waals surface area contributed by atoms with Gasteiger partial charge < -0.3 is 0 Å². The highest BCUT2D eigenvalue weighted by molar-refractivity contribution is 5.64. The average Bonchev–Trinajstić information content (AvgIpc) is 2.47. The van der Waals surface area contributed by atoms with Crippen LogP contribution < -0.4 is 10.0 Å². The first kappa shape index (κ1) is 10.9. The van der Waals surface area contributed by atoms with Crippen LogP contribution in [0.1, 0.15) is 5.56 Å². The molecule has 1 heterocycles. The maximum atomic E-state index is 2.20. The molecule has 1 aliphatic rings. The second-order valence-electron chi connectivity index (χ2n) is 4.42. The standard InChI is InChI=1S/C16H16N2/c1-17(15-10-3-2-4-11-15)18-13-7-9-14-8-5-6-12-16(14)18/h2-8,10-13H,9H2,1H3. The Kier molecular flexibility index (Phi) is 2.77. The van der Waals surface area contributed by atoms with Gasteiger partial charge in [-0.3, -0.25) is 10.0 Å². The highest BCUT2D eigenvalue weighted by Crippen LogP contribution is 2.28. The molecule has 0 unspecified atom stereocenters. The molecule has 0 bridgehead atoms. The maximum absolute atomic E-state index is 2.20. The normalized spacial score (nSPS) is 13.3. The van der Waals surface area contributed by atoms with Gasteiger partial charge in [-0.05, 0) is 30.2 Å². The number of rotatable bonds is 2. The predicted molar refractivity (Wildman–Crippen MR) is 76.6 cm³/mol. The minimum Gasteiger partial charge on any atom is -0.284 e. The minimum atomic E-state index is 1.01. The second-order valence-corrected chi connectivity index (χ2v) is 4.42. The lowest BCUT2D eigenvalue weighted by molar-refractivity contribution is 0.903. The fourth-order valence-electron chi connectivity index (χ4n) is 2.30. The molecular weight excluding hydrogens is 220 g/mol. The first-order valence-electron chi connectivity index (χ1n) is 6.19. The van der Waals surface area contributed by atoms with Gasteiger partial charge in [0, 0.05) is 13.2 Å². The lowest BCUT2D eigenvalue weighted by Gasteiger charge is -2.35. The zero-order valence-electron chi connectivity index (χ0n) is 10.5. The number of hydrogen-bond donors (Lipinski definition) is 0. The van der Waals surface area contributed by atoms with Gasteiger partial charge in [0.15, 0.2) is 0 Å². The van der Waals surface area contributed by atoms with E-state index in [1.54, 1.807) is 0 Å². The summed E-state index contributed by atoms with van der Waals surface area (Å²) < 4.78 is 0. The summed E-state index contributed by atoms with van der Waals surface area (Å²) >= 11 is 0.